The second-order valence-corrected chi connectivity index (χ2v) is 3.17. The van der Waals surface area contributed by atoms with Crippen molar-refractivity contribution in [1.82, 2.24) is 0 Å². The molecule has 0 aromatic heterocycles. The van der Waals surface area contributed by atoms with Gasteiger partial charge in [0.2, 0.25) is 0 Å². The highest BCUT2D eigenvalue weighted by Gasteiger charge is 2.06. The van der Waals surface area contributed by atoms with Gasteiger partial charge in [-0.05, 0) is 24.6 Å². The smallest absolute Gasteiger partial charge is 0.160 e. The third-order valence-corrected chi connectivity index (χ3v) is 1.96. The number of hydrogen-bond acceptors (Lipinski definition) is 2. The van der Waals surface area contributed by atoms with Gasteiger partial charge in [0, 0.05) is 6.42 Å². The first-order valence-corrected chi connectivity index (χ1v) is 4.52. The van der Waals surface area contributed by atoms with E-state index in [4.69, 9.17) is 9.47 Å². The molecule has 0 bridgehead atoms. The van der Waals surface area contributed by atoms with Crippen LogP contribution in [0.2, 0.25) is 0 Å². The zero-order valence-corrected chi connectivity index (χ0v) is 8.71. The van der Waals surface area contributed by atoms with Crippen molar-refractivity contribution in [2.24, 2.45) is 0 Å². The minimum Gasteiger partial charge on any atom is -0.493 e. The van der Waals surface area contributed by atoms with Crippen LogP contribution in [-0.4, -0.2) is 20.4 Å². The van der Waals surface area contributed by atoms with E-state index < -0.39 is 6.17 Å². The van der Waals surface area contributed by atoms with Crippen LogP contribution in [0, 0.1) is 0 Å². The summed E-state index contributed by atoms with van der Waals surface area (Å²) in [6.45, 7) is 1.54. The Labute approximate surface area is 83.6 Å². The molecule has 1 atom stereocenters. The van der Waals surface area contributed by atoms with Crippen molar-refractivity contribution in [2.45, 2.75) is 19.5 Å². The number of benzene rings is 1. The van der Waals surface area contributed by atoms with Gasteiger partial charge in [-0.3, -0.25) is 0 Å². The molecule has 0 N–H and O–H groups in total. The zero-order chi connectivity index (χ0) is 10.6. The fourth-order valence-corrected chi connectivity index (χ4v) is 1.33. The molecular weight excluding hydrogens is 183 g/mol. The van der Waals surface area contributed by atoms with Gasteiger partial charge in [0.1, 0.15) is 6.17 Å². The molecule has 1 rings (SSSR count). The molecule has 1 aromatic carbocycles. The van der Waals surface area contributed by atoms with E-state index in [2.05, 4.69) is 0 Å². The number of halogens is 1. The Morgan fingerprint density at radius 2 is 1.86 bits per heavy atom. The van der Waals surface area contributed by atoms with Gasteiger partial charge in [-0.1, -0.05) is 6.07 Å². The zero-order valence-electron chi connectivity index (χ0n) is 8.71. The molecule has 1 unspecified atom stereocenters. The summed E-state index contributed by atoms with van der Waals surface area (Å²) in [6, 6.07) is 5.43. The third kappa shape index (κ3) is 2.62. The van der Waals surface area contributed by atoms with Crippen LogP contribution in [-0.2, 0) is 6.42 Å². The SMILES string of the molecule is COc1ccc(CC(C)F)cc1OC. The molecule has 0 spiro atoms. The fourth-order valence-electron chi connectivity index (χ4n) is 1.33. The summed E-state index contributed by atoms with van der Waals surface area (Å²) in [6.07, 6.45) is -0.437. The quantitative estimate of drug-likeness (QED) is 0.740. The lowest BCUT2D eigenvalue weighted by Crippen LogP contribution is -1.99. The Morgan fingerprint density at radius 3 is 2.36 bits per heavy atom. The number of hydrogen-bond donors (Lipinski definition) is 0. The summed E-state index contributed by atoms with van der Waals surface area (Å²) < 4.78 is 22.9. The average Bonchev–Trinajstić information content (AvgIpc) is 2.16. The molecule has 2 nitrogen and oxygen atoms in total. The van der Waals surface area contributed by atoms with E-state index in [1.807, 2.05) is 6.07 Å². The van der Waals surface area contributed by atoms with Gasteiger partial charge in [0.05, 0.1) is 14.2 Å². The van der Waals surface area contributed by atoms with Crippen LogP contribution in [0.1, 0.15) is 12.5 Å². The van der Waals surface area contributed by atoms with E-state index >= 15 is 0 Å². The molecule has 0 aliphatic rings. The summed E-state index contributed by atoms with van der Waals surface area (Å²) in [7, 11) is 3.15. The topological polar surface area (TPSA) is 18.5 Å². The Bertz CT molecular complexity index is 297. The van der Waals surface area contributed by atoms with Crippen LogP contribution >= 0.6 is 0 Å². The minimum atomic E-state index is -0.840. The maximum atomic E-state index is 12.7. The number of ether oxygens (including phenoxy) is 2. The number of methoxy groups -OCH3 is 2. The van der Waals surface area contributed by atoms with Gasteiger partial charge in [-0.2, -0.15) is 0 Å². The molecule has 0 aliphatic heterocycles. The van der Waals surface area contributed by atoms with E-state index in [0.717, 1.165) is 5.56 Å². The first-order valence-electron chi connectivity index (χ1n) is 4.52. The van der Waals surface area contributed by atoms with Crippen LogP contribution in [0.25, 0.3) is 0 Å². The fraction of sp³-hybridized carbons (Fsp3) is 0.455. The Hall–Kier alpha value is -1.25. The molecule has 3 heteroatoms. The highest BCUT2D eigenvalue weighted by Crippen LogP contribution is 2.28. The monoisotopic (exact) mass is 198 g/mol. The van der Waals surface area contributed by atoms with E-state index in [9.17, 15) is 4.39 Å². The number of alkyl halides is 1. The van der Waals surface area contributed by atoms with Gasteiger partial charge in [0.15, 0.2) is 11.5 Å². The lowest BCUT2D eigenvalue weighted by molar-refractivity contribution is 0.349. The molecule has 0 radical (unpaired) electrons. The second kappa shape index (κ2) is 4.84. The van der Waals surface area contributed by atoms with Crippen LogP contribution in [0.3, 0.4) is 0 Å². The van der Waals surface area contributed by atoms with E-state index in [-0.39, 0.29) is 0 Å². The largest absolute Gasteiger partial charge is 0.493 e. The molecule has 0 heterocycles. The summed E-state index contributed by atoms with van der Waals surface area (Å²) >= 11 is 0. The van der Waals surface area contributed by atoms with Crippen molar-refractivity contribution in [1.29, 1.82) is 0 Å². The van der Waals surface area contributed by atoms with Crippen molar-refractivity contribution >= 4 is 0 Å². The predicted molar refractivity (Wildman–Crippen MR) is 53.8 cm³/mol. The van der Waals surface area contributed by atoms with Crippen molar-refractivity contribution < 1.29 is 13.9 Å². The highest BCUT2D eigenvalue weighted by atomic mass is 19.1. The maximum Gasteiger partial charge on any atom is 0.160 e. The van der Waals surface area contributed by atoms with Crippen molar-refractivity contribution in [2.75, 3.05) is 14.2 Å². The minimum absolute atomic E-state index is 0.403. The standard InChI is InChI=1S/C11H15FO2/c1-8(12)6-9-4-5-10(13-2)11(7-9)14-3/h4-5,7-8H,6H2,1-3H3. The average molecular weight is 198 g/mol. The predicted octanol–water partition coefficient (Wildman–Crippen LogP) is 2.60. The van der Waals surface area contributed by atoms with E-state index in [1.165, 1.54) is 6.92 Å². The molecule has 0 aliphatic carbocycles. The van der Waals surface area contributed by atoms with E-state index in [0.29, 0.717) is 17.9 Å². The lowest BCUT2D eigenvalue weighted by atomic mass is 10.1. The Kier molecular flexibility index (Phi) is 3.74. The van der Waals surface area contributed by atoms with Gasteiger partial charge in [-0.25, -0.2) is 4.39 Å². The molecule has 0 saturated heterocycles. The molecule has 1 aromatic rings. The third-order valence-electron chi connectivity index (χ3n) is 1.96. The Balaban J connectivity index is 2.89. The first kappa shape index (κ1) is 10.8. The molecular formula is C11H15FO2. The highest BCUT2D eigenvalue weighted by molar-refractivity contribution is 5.42. The second-order valence-electron chi connectivity index (χ2n) is 3.17. The van der Waals surface area contributed by atoms with E-state index in [1.54, 1.807) is 26.4 Å². The van der Waals surface area contributed by atoms with Crippen LogP contribution in [0.5, 0.6) is 11.5 Å². The lowest BCUT2D eigenvalue weighted by Gasteiger charge is -2.09. The maximum absolute atomic E-state index is 12.7. The molecule has 0 saturated carbocycles. The van der Waals surface area contributed by atoms with Crippen LogP contribution in [0.15, 0.2) is 18.2 Å². The van der Waals surface area contributed by atoms with Crippen molar-refractivity contribution in [3.05, 3.63) is 23.8 Å². The Morgan fingerprint density at radius 1 is 1.21 bits per heavy atom. The summed E-state index contributed by atoms with van der Waals surface area (Å²) in [5.74, 6) is 1.31. The first-order chi connectivity index (χ1) is 6.67. The van der Waals surface area contributed by atoms with Crippen molar-refractivity contribution in [3.63, 3.8) is 0 Å². The van der Waals surface area contributed by atoms with Gasteiger partial charge < -0.3 is 9.47 Å². The van der Waals surface area contributed by atoms with Crippen LogP contribution < -0.4 is 9.47 Å². The normalized spacial score (nSPS) is 12.3. The molecule has 78 valence electrons. The molecule has 14 heavy (non-hydrogen) atoms. The summed E-state index contributed by atoms with van der Waals surface area (Å²) in [4.78, 5) is 0. The molecule has 0 fully saturated rings. The van der Waals surface area contributed by atoms with Crippen molar-refractivity contribution in [3.8, 4) is 11.5 Å². The van der Waals surface area contributed by atoms with Gasteiger partial charge in [0.25, 0.3) is 0 Å². The van der Waals surface area contributed by atoms with Gasteiger partial charge in [-0.15, -0.1) is 0 Å². The van der Waals surface area contributed by atoms with Crippen LogP contribution in [0.4, 0.5) is 4.39 Å². The molecule has 0 amide bonds. The summed E-state index contributed by atoms with van der Waals surface area (Å²) in [5, 5.41) is 0. The number of rotatable bonds is 4. The summed E-state index contributed by atoms with van der Waals surface area (Å²) in [5.41, 5.74) is 0.914. The van der Waals surface area contributed by atoms with Gasteiger partial charge >= 0.3 is 0 Å².